The number of piperazine rings is 1. The molecule has 2 heterocycles. The minimum Gasteiger partial charge on any atom is -0.487 e. The van der Waals surface area contributed by atoms with Gasteiger partial charge in [0, 0.05) is 38.9 Å². The van der Waals surface area contributed by atoms with Crippen LogP contribution in [0, 0.1) is 0 Å². The van der Waals surface area contributed by atoms with Crippen molar-refractivity contribution < 1.29 is 13.2 Å². The summed E-state index contributed by atoms with van der Waals surface area (Å²) >= 11 is 0. The van der Waals surface area contributed by atoms with E-state index < -0.39 is 10.2 Å². The number of ether oxygens (including phenoxy) is 1. The minimum atomic E-state index is -3.58. The van der Waals surface area contributed by atoms with E-state index in [1.165, 1.54) is 4.31 Å². The predicted molar refractivity (Wildman–Crippen MR) is 95.0 cm³/mol. The maximum atomic E-state index is 11.3. The summed E-state index contributed by atoms with van der Waals surface area (Å²) < 4.78 is 29.8. The van der Waals surface area contributed by atoms with Gasteiger partial charge in [-0.1, -0.05) is 18.2 Å². The van der Waals surface area contributed by atoms with Gasteiger partial charge in [0.15, 0.2) is 0 Å². The van der Waals surface area contributed by atoms with Crippen molar-refractivity contribution in [1.29, 1.82) is 0 Å². The normalized spacial score (nSPS) is 16.7. The number of aromatic nitrogens is 1. The Kier molecular flexibility index (Phi) is 5.64. The van der Waals surface area contributed by atoms with Gasteiger partial charge in [0.2, 0.25) is 0 Å². The van der Waals surface area contributed by atoms with Crippen LogP contribution in [0.2, 0.25) is 0 Å². The van der Waals surface area contributed by atoms with Crippen molar-refractivity contribution in [1.82, 2.24) is 14.2 Å². The van der Waals surface area contributed by atoms with Crippen molar-refractivity contribution in [3.05, 3.63) is 59.9 Å². The molecule has 0 aliphatic carbocycles. The van der Waals surface area contributed by atoms with Gasteiger partial charge in [-0.25, -0.2) is 5.14 Å². The Morgan fingerprint density at radius 1 is 1.08 bits per heavy atom. The molecule has 2 aromatic rings. The van der Waals surface area contributed by atoms with Crippen LogP contribution in [0.1, 0.15) is 11.3 Å². The maximum absolute atomic E-state index is 11.3. The fourth-order valence-electron chi connectivity index (χ4n) is 2.77. The molecule has 0 atom stereocenters. The molecule has 2 N–H and O–H groups in total. The van der Waals surface area contributed by atoms with Gasteiger partial charge in [-0.2, -0.15) is 12.7 Å². The summed E-state index contributed by atoms with van der Waals surface area (Å²) in [6.45, 7) is 3.35. The molecule has 0 spiro atoms. The number of benzene rings is 1. The molecule has 1 fully saturated rings. The molecule has 0 bridgehead atoms. The highest BCUT2D eigenvalue weighted by Crippen LogP contribution is 2.17. The number of nitrogens with zero attached hydrogens (tertiary/aromatic N) is 3. The molecular weight excluding hydrogens is 340 g/mol. The second kappa shape index (κ2) is 7.92. The first-order chi connectivity index (χ1) is 12.0. The van der Waals surface area contributed by atoms with Gasteiger partial charge < -0.3 is 4.74 Å². The first-order valence-electron chi connectivity index (χ1n) is 8.12. The number of rotatable bonds is 6. The van der Waals surface area contributed by atoms with Crippen molar-refractivity contribution in [2.75, 3.05) is 26.2 Å². The fraction of sp³-hybridized carbons (Fsp3) is 0.353. The van der Waals surface area contributed by atoms with E-state index in [0.717, 1.165) is 23.6 Å². The molecule has 134 valence electrons. The fourth-order valence-corrected chi connectivity index (χ4v) is 3.45. The minimum absolute atomic E-state index is 0.425. The Morgan fingerprint density at radius 2 is 1.88 bits per heavy atom. The first-order valence-corrected chi connectivity index (χ1v) is 9.63. The predicted octanol–water partition coefficient (Wildman–Crippen LogP) is 0.982. The average molecular weight is 362 g/mol. The molecule has 0 unspecified atom stereocenters. The standard InChI is InChI=1S/C17H22N4O3S/c18-25(22,23)21-10-8-20(9-11-21)13-15-4-3-6-17(12-15)24-14-16-5-1-2-7-19-16/h1-7,12H,8-11,13-14H2,(H2,18,22,23). The van der Waals surface area contributed by atoms with Crippen LogP contribution in [0.25, 0.3) is 0 Å². The van der Waals surface area contributed by atoms with Crippen LogP contribution in [0.5, 0.6) is 5.75 Å². The first kappa shape index (κ1) is 17.8. The van der Waals surface area contributed by atoms with Crippen molar-refractivity contribution in [3.8, 4) is 5.75 Å². The molecule has 0 saturated carbocycles. The zero-order chi connectivity index (χ0) is 17.7. The lowest BCUT2D eigenvalue weighted by atomic mass is 10.2. The molecule has 3 rings (SSSR count). The molecule has 0 amide bonds. The molecule has 1 aliphatic heterocycles. The van der Waals surface area contributed by atoms with Crippen LogP contribution >= 0.6 is 0 Å². The van der Waals surface area contributed by atoms with Gasteiger partial charge in [0.25, 0.3) is 10.2 Å². The zero-order valence-electron chi connectivity index (χ0n) is 13.9. The SMILES string of the molecule is NS(=O)(=O)N1CCN(Cc2cccc(OCc3ccccn3)c2)CC1. The number of hydrogen-bond donors (Lipinski definition) is 1. The largest absolute Gasteiger partial charge is 0.487 e. The molecular formula is C17H22N4O3S. The van der Waals surface area contributed by atoms with E-state index in [2.05, 4.69) is 9.88 Å². The van der Waals surface area contributed by atoms with Gasteiger partial charge >= 0.3 is 0 Å². The maximum Gasteiger partial charge on any atom is 0.276 e. The van der Waals surface area contributed by atoms with Crippen molar-refractivity contribution in [2.24, 2.45) is 5.14 Å². The van der Waals surface area contributed by atoms with Gasteiger partial charge in [0.1, 0.15) is 12.4 Å². The number of pyridine rings is 1. The molecule has 1 aromatic heterocycles. The van der Waals surface area contributed by atoms with E-state index in [-0.39, 0.29) is 0 Å². The van der Waals surface area contributed by atoms with Crippen LogP contribution < -0.4 is 9.88 Å². The van der Waals surface area contributed by atoms with Crippen LogP contribution in [0.4, 0.5) is 0 Å². The lowest BCUT2D eigenvalue weighted by molar-refractivity contribution is 0.181. The monoisotopic (exact) mass is 362 g/mol. The van der Waals surface area contributed by atoms with Crippen molar-refractivity contribution in [3.63, 3.8) is 0 Å². The Labute approximate surface area is 148 Å². The molecule has 25 heavy (non-hydrogen) atoms. The highest BCUT2D eigenvalue weighted by atomic mass is 32.2. The van der Waals surface area contributed by atoms with Crippen molar-refractivity contribution >= 4 is 10.2 Å². The Bertz CT molecular complexity index is 791. The lowest BCUT2D eigenvalue weighted by Gasteiger charge is -2.32. The summed E-state index contributed by atoms with van der Waals surface area (Å²) in [5.41, 5.74) is 2.01. The summed E-state index contributed by atoms with van der Waals surface area (Å²) in [6.07, 6.45) is 1.75. The second-order valence-corrected chi connectivity index (χ2v) is 7.52. The van der Waals surface area contributed by atoms with Crippen LogP contribution in [0.15, 0.2) is 48.7 Å². The third-order valence-electron chi connectivity index (χ3n) is 4.11. The highest BCUT2D eigenvalue weighted by Gasteiger charge is 2.23. The van der Waals surface area contributed by atoms with E-state index in [4.69, 9.17) is 9.88 Å². The molecule has 1 saturated heterocycles. The van der Waals surface area contributed by atoms with E-state index >= 15 is 0 Å². The van der Waals surface area contributed by atoms with Gasteiger partial charge in [-0.3, -0.25) is 9.88 Å². The summed E-state index contributed by atoms with van der Waals surface area (Å²) in [7, 11) is -3.58. The van der Waals surface area contributed by atoms with E-state index in [1.54, 1.807) is 6.20 Å². The molecule has 0 radical (unpaired) electrons. The van der Waals surface area contributed by atoms with Gasteiger partial charge in [-0.05, 0) is 29.8 Å². The second-order valence-electron chi connectivity index (χ2n) is 5.98. The lowest BCUT2D eigenvalue weighted by Crippen LogP contribution is -2.50. The Balaban J connectivity index is 1.54. The molecule has 1 aliphatic rings. The topological polar surface area (TPSA) is 88.8 Å². The molecule has 8 heteroatoms. The van der Waals surface area contributed by atoms with Gasteiger partial charge in [0.05, 0.1) is 5.69 Å². The smallest absolute Gasteiger partial charge is 0.276 e. The third-order valence-corrected chi connectivity index (χ3v) is 5.19. The summed E-state index contributed by atoms with van der Waals surface area (Å²) in [5, 5.41) is 5.17. The van der Waals surface area contributed by atoms with Crippen molar-refractivity contribution in [2.45, 2.75) is 13.2 Å². The summed E-state index contributed by atoms with van der Waals surface area (Å²) in [4.78, 5) is 6.45. The quantitative estimate of drug-likeness (QED) is 0.828. The highest BCUT2D eigenvalue weighted by molar-refractivity contribution is 7.86. The summed E-state index contributed by atoms with van der Waals surface area (Å²) in [5.74, 6) is 0.798. The van der Waals surface area contributed by atoms with Gasteiger partial charge in [-0.15, -0.1) is 0 Å². The van der Waals surface area contributed by atoms with Crippen LogP contribution in [-0.4, -0.2) is 48.8 Å². The molecule has 1 aromatic carbocycles. The Hall–Kier alpha value is -2.00. The van der Waals surface area contributed by atoms with E-state index in [0.29, 0.717) is 32.8 Å². The molecule has 7 nitrogen and oxygen atoms in total. The third kappa shape index (κ3) is 5.23. The average Bonchev–Trinajstić information content (AvgIpc) is 2.61. The zero-order valence-corrected chi connectivity index (χ0v) is 14.7. The van der Waals surface area contributed by atoms with E-state index in [1.807, 2.05) is 42.5 Å². The van der Waals surface area contributed by atoms with E-state index in [9.17, 15) is 8.42 Å². The summed E-state index contributed by atoms with van der Waals surface area (Å²) in [6, 6.07) is 13.7. The van der Waals surface area contributed by atoms with Crippen LogP contribution in [-0.2, 0) is 23.4 Å². The Morgan fingerprint density at radius 3 is 2.56 bits per heavy atom. The number of nitrogens with two attached hydrogens (primary N) is 1. The van der Waals surface area contributed by atoms with Crippen LogP contribution in [0.3, 0.4) is 0 Å². The number of hydrogen-bond acceptors (Lipinski definition) is 5.